The number of ketones is 1. The molecule has 0 unspecified atom stereocenters. The quantitative estimate of drug-likeness (QED) is 0.616. The predicted octanol–water partition coefficient (Wildman–Crippen LogP) is 4.02. The smallest absolute Gasteiger partial charge is 0.227 e. The fourth-order valence-corrected chi connectivity index (χ4v) is 2.43. The largest absolute Gasteiger partial charge is 0.493 e. The Hall–Kier alpha value is -2.27. The summed E-state index contributed by atoms with van der Waals surface area (Å²) in [7, 11) is 0. The molecule has 0 aliphatic carbocycles. The zero-order valence-corrected chi connectivity index (χ0v) is 14.0. The summed E-state index contributed by atoms with van der Waals surface area (Å²) in [6, 6.07) is 14.6. The molecule has 5 heteroatoms. The molecular weight excluding hydrogens is 310 g/mol. The molecule has 1 amide bonds. The number of rotatable bonds is 7. The van der Waals surface area contributed by atoms with E-state index in [4.69, 9.17) is 4.74 Å². The van der Waals surface area contributed by atoms with Gasteiger partial charge in [0.1, 0.15) is 5.75 Å². The molecule has 0 aliphatic rings. The molecule has 0 saturated heterocycles. The molecule has 2 aromatic rings. The van der Waals surface area contributed by atoms with Crippen LogP contribution in [0, 0.1) is 0 Å². The molecule has 0 radical (unpaired) electrons. The Morgan fingerprint density at radius 1 is 1.13 bits per heavy atom. The lowest BCUT2D eigenvalue weighted by atomic mass is 10.1. The highest BCUT2D eigenvalue weighted by molar-refractivity contribution is 7.98. The van der Waals surface area contributed by atoms with Crippen LogP contribution in [0.2, 0.25) is 0 Å². The van der Waals surface area contributed by atoms with Crippen LogP contribution in [0.15, 0.2) is 53.4 Å². The standard InChI is InChI=1S/C18H19NO3S/c1-13(20)14-6-8-16(9-7-14)22-11-10-18(21)19-15-4-3-5-17(12-15)23-2/h3-9,12H,10-11H2,1-2H3,(H,19,21). The summed E-state index contributed by atoms with van der Waals surface area (Å²) in [5.41, 5.74) is 1.43. The van der Waals surface area contributed by atoms with E-state index < -0.39 is 0 Å². The number of benzene rings is 2. The van der Waals surface area contributed by atoms with Gasteiger partial charge in [-0.2, -0.15) is 0 Å². The van der Waals surface area contributed by atoms with E-state index in [1.807, 2.05) is 30.5 Å². The molecule has 0 aromatic heterocycles. The summed E-state index contributed by atoms with van der Waals surface area (Å²) in [6.07, 6.45) is 2.25. The highest BCUT2D eigenvalue weighted by Crippen LogP contribution is 2.19. The molecule has 120 valence electrons. The lowest BCUT2D eigenvalue weighted by Crippen LogP contribution is -2.15. The number of thioether (sulfide) groups is 1. The van der Waals surface area contributed by atoms with Gasteiger partial charge in [0.25, 0.3) is 0 Å². The third-order valence-electron chi connectivity index (χ3n) is 3.21. The predicted molar refractivity (Wildman–Crippen MR) is 93.4 cm³/mol. The summed E-state index contributed by atoms with van der Waals surface area (Å²) in [6.45, 7) is 1.81. The summed E-state index contributed by atoms with van der Waals surface area (Å²) in [5.74, 6) is 0.569. The van der Waals surface area contributed by atoms with Gasteiger partial charge in [-0.25, -0.2) is 0 Å². The van der Waals surface area contributed by atoms with E-state index >= 15 is 0 Å². The Morgan fingerprint density at radius 2 is 1.87 bits per heavy atom. The van der Waals surface area contributed by atoms with Crippen molar-refractivity contribution < 1.29 is 14.3 Å². The van der Waals surface area contributed by atoms with E-state index in [0.29, 0.717) is 11.3 Å². The summed E-state index contributed by atoms with van der Waals surface area (Å²) in [4.78, 5) is 24.2. The van der Waals surface area contributed by atoms with Crippen LogP contribution in [0.5, 0.6) is 5.75 Å². The molecule has 0 atom stereocenters. The van der Waals surface area contributed by atoms with Gasteiger partial charge in [0.05, 0.1) is 13.0 Å². The van der Waals surface area contributed by atoms with Gasteiger partial charge in [0.2, 0.25) is 5.91 Å². The zero-order chi connectivity index (χ0) is 16.7. The molecule has 0 aliphatic heterocycles. The number of hydrogen-bond acceptors (Lipinski definition) is 4. The lowest BCUT2D eigenvalue weighted by molar-refractivity contribution is -0.116. The van der Waals surface area contributed by atoms with Crippen molar-refractivity contribution in [2.45, 2.75) is 18.2 Å². The van der Waals surface area contributed by atoms with Crippen molar-refractivity contribution in [1.29, 1.82) is 0 Å². The number of carbonyl (C=O) groups excluding carboxylic acids is 2. The van der Waals surface area contributed by atoms with Crippen LogP contribution >= 0.6 is 11.8 Å². The van der Waals surface area contributed by atoms with Crippen LogP contribution in [-0.2, 0) is 4.79 Å². The van der Waals surface area contributed by atoms with Crippen molar-refractivity contribution in [3.63, 3.8) is 0 Å². The Morgan fingerprint density at radius 3 is 2.52 bits per heavy atom. The Kier molecular flexibility index (Phi) is 6.23. The van der Waals surface area contributed by atoms with E-state index in [9.17, 15) is 9.59 Å². The van der Waals surface area contributed by atoms with E-state index in [2.05, 4.69) is 5.32 Å². The maximum atomic E-state index is 11.9. The molecular formula is C18H19NO3S. The maximum Gasteiger partial charge on any atom is 0.227 e. The summed E-state index contributed by atoms with van der Waals surface area (Å²) in [5, 5.41) is 2.85. The second kappa shape index (κ2) is 8.39. The van der Waals surface area contributed by atoms with Crippen LogP contribution in [0.25, 0.3) is 0 Å². The Balaban J connectivity index is 1.79. The lowest BCUT2D eigenvalue weighted by Gasteiger charge is -2.08. The van der Waals surface area contributed by atoms with E-state index in [-0.39, 0.29) is 24.7 Å². The highest BCUT2D eigenvalue weighted by Gasteiger charge is 2.04. The first-order valence-electron chi connectivity index (χ1n) is 7.26. The molecule has 0 fully saturated rings. The SMILES string of the molecule is CSc1cccc(NC(=O)CCOc2ccc(C(C)=O)cc2)c1. The Bertz CT molecular complexity index is 683. The van der Waals surface area contributed by atoms with Crippen LogP contribution in [0.1, 0.15) is 23.7 Å². The van der Waals surface area contributed by atoms with Crippen LogP contribution in [0.4, 0.5) is 5.69 Å². The van der Waals surface area contributed by atoms with Gasteiger partial charge in [-0.1, -0.05) is 6.07 Å². The molecule has 2 aromatic carbocycles. The van der Waals surface area contributed by atoms with E-state index in [1.54, 1.807) is 36.0 Å². The van der Waals surface area contributed by atoms with Crippen molar-refractivity contribution in [2.24, 2.45) is 0 Å². The van der Waals surface area contributed by atoms with Gasteiger partial charge >= 0.3 is 0 Å². The van der Waals surface area contributed by atoms with Gasteiger partial charge in [0.15, 0.2) is 5.78 Å². The number of hydrogen-bond donors (Lipinski definition) is 1. The van der Waals surface area contributed by atoms with E-state index in [0.717, 1.165) is 10.6 Å². The summed E-state index contributed by atoms with van der Waals surface area (Å²) < 4.78 is 5.52. The summed E-state index contributed by atoms with van der Waals surface area (Å²) >= 11 is 1.63. The van der Waals surface area contributed by atoms with Crippen molar-refractivity contribution >= 4 is 29.1 Å². The molecule has 23 heavy (non-hydrogen) atoms. The first-order chi connectivity index (χ1) is 11.1. The minimum Gasteiger partial charge on any atom is -0.493 e. The zero-order valence-electron chi connectivity index (χ0n) is 13.2. The van der Waals surface area contributed by atoms with Gasteiger partial charge in [-0.3, -0.25) is 9.59 Å². The molecule has 0 saturated carbocycles. The van der Waals surface area contributed by atoms with Crippen LogP contribution in [-0.4, -0.2) is 24.6 Å². The highest BCUT2D eigenvalue weighted by atomic mass is 32.2. The topological polar surface area (TPSA) is 55.4 Å². The first-order valence-corrected chi connectivity index (χ1v) is 8.48. The van der Waals surface area contributed by atoms with Gasteiger partial charge < -0.3 is 10.1 Å². The fourth-order valence-electron chi connectivity index (χ4n) is 1.97. The monoisotopic (exact) mass is 329 g/mol. The fraction of sp³-hybridized carbons (Fsp3) is 0.222. The molecule has 2 rings (SSSR count). The molecule has 4 nitrogen and oxygen atoms in total. The third-order valence-corrected chi connectivity index (χ3v) is 3.94. The average molecular weight is 329 g/mol. The van der Waals surface area contributed by atoms with Gasteiger partial charge in [-0.05, 0) is 55.6 Å². The second-order valence-electron chi connectivity index (χ2n) is 4.96. The van der Waals surface area contributed by atoms with Crippen molar-refractivity contribution in [3.05, 3.63) is 54.1 Å². The Labute approximate surface area is 140 Å². The molecule has 0 spiro atoms. The minimum atomic E-state index is -0.0939. The molecule has 1 N–H and O–H groups in total. The number of carbonyl (C=O) groups is 2. The first kappa shape index (κ1) is 17.1. The minimum absolute atomic E-state index is 0.0170. The van der Waals surface area contributed by atoms with Gasteiger partial charge in [0, 0.05) is 16.1 Å². The van der Waals surface area contributed by atoms with Crippen molar-refractivity contribution in [3.8, 4) is 5.75 Å². The maximum absolute atomic E-state index is 11.9. The molecule has 0 bridgehead atoms. The van der Waals surface area contributed by atoms with E-state index in [1.165, 1.54) is 6.92 Å². The number of nitrogens with one attached hydrogen (secondary N) is 1. The van der Waals surface area contributed by atoms with Crippen LogP contribution < -0.4 is 10.1 Å². The van der Waals surface area contributed by atoms with Crippen molar-refractivity contribution in [1.82, 2.24) is 0 Å². The number of ether oxygens (including phenoxy) is 1. The van der Waals surface area contributed by atoms with Gasteiger partial charge in [-0.15, -0.1) is 11.8 Å². The average Bonchev–Trinajstić information content (AvgIpc) is 2.55. The second-order valence-corrected chi connectivity index (χ2v) is 5.84. The number of anilines is 1. The van der Waals surface area contributed by atoms with Crippen LogP contribution in [0.3, 0.4) is 0 Å². The molecule has 0 heterocycles. The number of Topliss-reactive ketones (excluding diaryl/α,β-unsaturated/α-hetero) is 1. The normalized spacial score (nSPS) is 10.2. The third kappa shape index (κ3) is 5.45. The van der Waals surface area contributed by atoms with Crippen molar-refractivity contribution in [2.75, 3.05) is 18.2 Å². The number of amides is 1.